The summed E-state index contributed by atoms with van der Waals surface area (Å²) < 4.78 is 103. The van der Waals surface area contributed by atoms with E-state index in [9.17, 15) is 4.11 Å². The van der Waals surface area contributed by atoms with Gasteiger partial charge in [-0.3, -0.25) is 0 Å². The van der Waals surface area contributed by atoms with E-state index in [1.54, 1.807) is 0 Å². The average molecular weight is 584 g/mol. The molecule has 0 spiro atoms. The van der Waals surface area contributed by atoms with Gasteiger partial charge in [-0.15, -0.1) is 0 Å². The Balaban J connectivity index is 1.35. The van der Waals surface area contributed by atoms with Gasteiger partial charge in [-0.05, 0) is 90.2 Å². The third-order valence-electron chi connectivity index (χ3n) is 8.22. The number of benzene rings is 8. The van der Waals surface area contributed by atoms with Crippen LogP contribution < -0.4 is 0 Å². The van der Waals surface area contributed by atoms with Gasteiger partial charge >= 0.3 is 0 Å². The summed E-state index contributed by atoms with van der Waals surface area (Å²) in [6, 6.07) is 28.1. The Labute approximate surface area is 277 Å². The number of hydrogen-bond acceptors (Lipinski definition) is 1. The lowest BCUT2D eigenvalue weighted by Gasteiger charge is -2.18. The Hall–Kier alpha value is -5.92. The Morgan fingerprint density at radius 3 is 1.56 bits per heavy atom. The van der Waals surface area contributed by atoms with Crippen molar-refractivity contribution in [3.05, 3.63) is 170 Å². The maximum atomic E-state index is 9.69. The molecule has 1 nitrogen and oxygen atoms in total. The smallest absolute Gasteiger partial charge is 0.136 e. The lowest BCUT2D eigenvalue weighted by atomic mass is 9.85. The van der Waals surface area contributed by atoms with Crippen molar-refractivity contribution in [1.29, 1.82) is 0 Å². The van der Waals surface area contributed by atoms with E-state index in [1.807, 2.05) is 66.7 Å². The van der Waals surface area contributed by atoms with Crippen molar-refractivity contribution in [2.45, 2.75) is 0 Å². The summed E-state index contributed by atoms with van der Waals surface area (Å²) >= 11 is 0. The Kier molecular flexibility index (Phi) is 3.87. The minimum Gasteiger partial charge on any atom is -0.456 e. The molecule has 1 aromatic heterocycles. The summed E-state index contributed by atoms with van der Waals surface area (Å²) in [6.45, 7) is 0. The van der Waals surface area contributed by atoms with E-state index in [4.69, 9.17) is 15.4 Å². The topological polar surface area (TPSA) is 13.1 Å². The molecule has 0 aliphatic rings. The van der Waals surface area contributed by atoms with E-state index in [1.165, 1.54) is 0 Å². The molecule has 0 radical (unpaired) electrons. The fourth-order valence-electron chi connectivity index (χ4n) is 6.18. The van der Waals surface area contributed by atoms with Gasteiger partial charge < -0.3 is 4.42 Å². The van der Waals surface area contributed by atoms with Crippen molar-refractivity contribution in [2.75, 3.05) is 0 Å². The molecule has 0 amide bonds. The summed E-state index contributed by atoms with van der Waals surface area (Å²) in [4.78, 5) is 0. The van der Waals surface area contributed by atoms with Crippen molar-refractivity contribution in [1.82, 2.24) is 0 Å². The van der Waals surface area contributed by atoms with Crippen molar-refractivity contribution in [3.63, 3.8) is 0 Å². The number of fused-ring (bicyclic) bond motifs is 5. The van der Waals surface area contributed by atoms with Crippen molar-refractivity contribution >= 4 is 43.5 Å². The Morgan fingerprint density at radius 2 is 0.889 bits per heavy atom. The molecule has 45 heavy (non-hydrogen) atoms. The first-order valence-electron chi connectivity index (χ1n) is 20.0. The largest absolute Gasteiger partial charge is 0.456 e. The summed E-state index contributed by atoms with van der Waals surface area (Å²) in [7, 11) is 0. The number of furan rings is 1. The molecule has 0 N–H and O–H groups in total. The van der Waals surface area contributed by atoms with Gasteiger partial charge in [0.15, 0.2) is 0 Å². The highest BCUT2D eigenvalue weighted by Gasteiger charge is 2.18. The van der Waals surface area contributed by atoms with Crippen LogP contribution in [-0.4, -0.2) is 0 Å². The molecule has 0 atom stereocenters. The molecule has 1 heteroatoms. The third-order valence-corrected chi connectivity index (χ3v) is 8.22. The quantitative estimate of drug-likeness (QED) is 0.188. The van der Waals surface area contributed by atoms with Crippen LogP contribution in [0.25, 0.3) is 88.0 Å². The highest BCUT2D eigenvalue weighted by Crippen LogP contribution is 2.45. The zero-order valence-electron chi connectivity index (χ0n) is 34.7. The second-order valence-corrected chi connectivity index (χ2v) is 10.8. The van der Waals surface area contributed by atoms with E-state index < -0.39 is 59.5 Å². The lowest BCUT2D eigenvalue weighted by molar-refractivity contribution is 0.669. The fourth-order valence-corrected chi connectivity index (χ4v) is 6.18. The van der Waals surface area contributed by atoms with E-state index >= 15 is 0 Å². The van der Waals surface area contributed by atoms with Crippen molar-refractivity contribution in [2.24, 2.45) is 0 Å². The molecule has 0 saturated carbocycles. The minimum absolute atomic E-state index is 0.0237. The summed E-state index contributed by atoms with van der Waals surface area (Å²) in [5.74, 6) is 0. The Morgan fingerprint density at radius 1 is 0.333 bits per heavy atom. The molecule has 0 bridgehead atoms. The molecule has 0 saturated heterocycles. The van der Waals surface area contributed by atoms with Crippen LogP contribution >= 0.6 is 0 Å². The molecule has 8 aromatic carbocycles. The van der Waals surface area contributed by atoms with E-state index in [2.05, 4.69) is 36.4 Å². The number of rotatable bonds is 4. The monoisotopic (exact) mass is 583 g/mol. The SMILES string of the molecule is [2H]c1c([2H])c([2H])c(-c2c([2H])c([2H])c3c(oc4c([2H])c([2H])c(-c5c6ccccc6c(-c6ccc(-c7ccccc7)cc6)c6ccccc56)c([2H])c43)c2[2H])c([2H])c1[2H]. The highest BCUT2D eigenvalue weighted by molar-refractivity contribution is 6.22. The van der Waals surface area contributed by atoms with E-state index in [-0.39, 0.29) is 45.6 Å². The van der Waals surface area contributed by atoms with Gasteiger partial charge in [0.1, 0.15) is 11.2 Å². The van der Waals surface area contributed by atoms with Crippen LogP contribution in [0.2, 0.25) is 0 Å². The first kappa shape index (κ1) is 16.8. The predicted octanol–water partition coefficient (Wildman–Crippen LogP) is 12.6. The van der Waals surface area contributed by atoms with Gasteiger partial charge in [-0.25, -0.2) is 0 Å². The van der Waals surface area contributed by atoms with Crippen LogP contribution in [0.1, 0.15) is 15.1 Å². The van der Waals surface area contributed by atoms with Crippen LogP contribution in [-0.2, 0) is 0 Å². The molecule has 9 rings (SSSR count). The second kappa shape index (κ2) is 10.4. The van der Waals surface area contributed by atoms with Gasteiger partial charge in [0.2, 0.25) is 0 Å². The standard InChI is InChI=1S/C44H28O/c1-3-11-29(12-4-1)31-19-21-32(22-20-31)43-36-15-7-9-17-38(36)44(39-18-10-8-16-37(39)43)34-24-26-41-40(27-34)35-25-23-33(28-42(35)45-41)30-13-5-2-6-14-30/h1-28H/i2D,5D,6D,13D,14D,23D,24D,25D,26D,27D,28D. The molecule has 0 aliphatic heterocycles. The molecule has 210 valence electrons. The average Bonchev–Trinajstić information content (AvgIpc) is 3.64. The van der Waals surface area contributed by atoms with Crippen LogP contribution in [0.15, 0.2) is 174 Å². The molecule has 1 heterocycles. The molecular formula is C44H28O. The zero-order valence-corrected chi connectivity index (χ0v) is 23.7. The summed E-state index contributed by atoms with van der Waals surface area (Å²) in [6.07, 6.45) is 0. The van der Waals surface area contributed by atoms with Crippen molar-refractivity contribution in [3.8, 4) is 44.5 Å². The second-order valence-electron chi connectivity index (χ2n) is 10.8. The van der Waals surface area contributed by atoms with Gasteiger partial charge in [0, 0.05) is 10.8 Å². The van der Waals surface area contributed by atoms with Crippen LogP contribution in [0, 0.1) is 0 Å². The van der Waals surface area contributed by atoms with Gasteiger partial charge in [-0.2, -0.15) is 0 Å². The van der Waals surface area contributed by atoms with Gasteiger partial charge in [0.05, 0.1) is 15.1 Å². The summed E-state index contributed by atoms with van der Waals surface area (Å²) in [5, 5.41) is 3.07. The predicted molar refractivity (Wildman–Crippen MR) is 190 cm³/mol. The molecule has 0 unspecified atom stereocenters. The third kappa shape index (κ3) is 4.24. The van der Waals surface area contributed by atoms with Crippen LogP contribution in [0.4, 0.5) is 0 Å². The first-order chi connectivity index (χ1) is 26.9. The van der Waals surface area contributed by atoms with Gasteiger partial charge in [0.25, 0.3) is 0 Å². The normalized spacial score (nSPS) is 15.0. The first-order valence-corrected chi connectivity index (χ1v) is 14.5. The summed E-state index contributed by atoms with van der Waals surface area (Å²) in [5.41, 5.74) is 3.44. The van der Waals surface area contributed by atoms with Crippen LogP contribution in [0.3, 0.4) is 0 Å². The Bertz CT molecular complexity index is 3050. The van der Waals surface area contributed by atoms with Crippen molar-refractivity contribution < 1.29 is 19.5 Å². The number of hydrogen-bond donors (Lipinski definition) is 0. The molecule has 0 fully saturated rings. The maximum absolute atomic E-state index is 9.69. The molecular weight excluding hydrogens is 544 g/mol. The van der Waals surface area contributed by atoms with Gasteiger partial charge in [-0.1, -0.05) is 145 Å². The molecule has 0 aliphatic carbocycles. The van der Waals surface area contributed by atoms with Crippen LogP contribution in [0.5, 0.6) is 0 Å². The minimum atomic E-state index is -0.656. The zero-order chi connectivity index (χ0) is 39.3. The maximum Gasteiger partial charge on any atom is 0.136 e. The molecule has 9 aromatic rings. The fraction of sp³-hybridized carbons (Fsp3) is 0. The highest BCUT2D eigenvalue weighted by atomic mass is 16.3. The lowest BCUT2D eigenvalue weighted by Crippen LogP contribution is -1.91. The van der Waals surface area contributed by atoms with E-state index in [0.717, 1.165) is 43.8 Å². The van der Waals surface area contributed by atoms with E-state index in [0.29, 0.717) is 5.56 Å².